The largest absolute Gasteiger partial charge is 0.416 e. The maximum atomic E-state index is 12.7. The second-order valence-electron chi connectivity index (χ2n) is 4.30. The molecule has 1 fully saturated rings. The minimum absolute atomic E-state index is 0.231. The van der Waals surface area contributed by atoms with E-state index >= 15 is 0 Å². The molecule has 1 aromatic rings. The summed E-state index contributed by atoms with van der Waals surface area (Å²) in [5.41, 5.74) is 0.216. The molecule has 5 heteroatoms. The molecule has 1 heterocycles. The smallest absolute Gasteiger partial charge is 0.317 e. The molecule has 1 N–H and O–H groups in total. The van der Waals surface area contributed by atoms with Crippen molar-refractivity contribution in [2.24, 2.45) is 0 Å². The van der Waals surface area contributed by atoms with Gasteiger partial charge in [0.25, 0.3) is 0 Å². The van der Waals surface area contributed by atoms with E-state index in [9.17, 15) is 13.2 Å². The van der Waals surface area contributed by atoms with Crippen LogP contribution in [-0.2, 0) is 6.18 Å². The molecular weight excluding hydrogens is 295 g/mol. The Bertz CT molecular complexity index is 397. The predicted octanol–water partition coefficient (Wildman–Crippen LogP) is 3.93. The summed E-state index contributed by atoms with van der Waals surface area (Å²) < 4.78 is 38.5. The highest BCUT2D eigenvalue weighted by atomic mass is 79.9. The molecule has 0 bridgehead atoms. The summed E-state index contributed by atoms with van der Waals surface area (Å²) in [7, 11) is 0. The van der Waals surface area contributed by atoms with E-state index in [0.717, 1.165) is 37.6 Å². The normalized spacial score (nSPS) is 18.4. The van der Waals surface area contributed by atoms with Gasteiger partial charge in [0.05, 0.1) is 5.56 Å². The van der Waals surface area contributed by atoms with Gasteiger partial charge in [-0.2, -0.15) is 13.2 Å². The van der Waals surface area contributed by atoms with Crippen molar-refractivity contribution in [3.63, 3.8) is 0 Å². The van der Waals surface area contributed by atoms with Crippen LogP contribution < -0.4 is 5.32 Å². The Labute approximate surface area is 107 Å². The van der Waals surface area contributed by atoms with Gasteiger partial charge in [0.1, 0.15) is 0 Å². The molecule has 1 aliphatic heterocycles. The number of rotatable bonds is 1. The van der Waals surface area contributed by atoms with E-state index in [1.54, 1.807) is 6.07 Å². The molecule has 0 saturated carbocycles. The van der Waals surface area contributed by atoms with E-state index in [1.807, 2.05) is 0 Å². The molecule has 17 heavy (non-hydrogen) atoms. The Morgan fingerprint density at radius 2 is 1.76 bits per heavy atom. The topological polar surface area (TPSA) is 12.0 Å². The molecule has 1 nitrogen and oxygen atoms in total. The third-order valence-electron chi connectivity index (χ3n) is 3.06. The zero-order chi connectivity index (χ0) is 12.5. The lowest BCUT2D eigenvalue weighted by atomic mass is 9.89. The lowest BCUT2D eigenvalue weighted by molar-refractivity contribution is -0.137. The van der Waals surface area contributed by atoms with Crippen molar-refractivity contribution in [3.05, 3.63) is 33.8 Å². The summed E-state index contributed by atoms with van der Waals surface area (Å²) in [6.45, 7) is 1.75. The van der Waals surface area contributed by atoms with Gasteiger partial charge < -0.3 is 5.32 Å². The molecule has 0 radical (unpaired) electrons. The van der Waals surface area contributed by atoms with Gasteiger partial charge >= 0.3 is 6.18 Å². The molecule has 0 amide bonds. The minimum Gasteiger partial charge on any atom is -0.317 e. The van der Waals surface area contributed by atoms with E-state index in [-0.39, 0.29) is 5.92 Å². The minimum atomic E-state index is -4.27. The summed E-state index contributed by atoms with van der Waals surface area (Å²) in [5, 5.41) is 3.21. The molecule has 2 rings (SSSR count). The van der Waals surface area contributed by atoms with Crippen LogP contribution in [-0.4, -0.2) is 13.1 Å². The van der Waals surface area contributed by atoms with Crippen molar-refractivity contribution in [3.8, 4) is 0 Å². The van der Waals surface area contributed by atoms with Crippen LogP contribution >= 0.6 is 15.9 Å². The standard InChI is InChI=1S/C12H13BrF3N/c13-11-6-9(8-1-3-17-4-2-8)5-10(7-11)12(14,15)16/h5-8,17H,1-4H2. The summed E-state index contributed by atoms with van der Waals surface area (Å²) in [6.07, 6.45) is -2.48. The average Bonchev–Trinajstić information content (AvgIpc) is 2.28. The lowest BCUT2D eigenvalue weighted by Gasteiger charge is -2.24. The Morgan fingerprint density at radius 1 is 1.12 bits per heavy atom. The molecule has 0 atom stereocenters. The zero-order valence-electron chi connectivity index (χ0n) is 9.15. The summed E-state index contributed by atoms with van der Waals surface area (Å²) >= 11 is 3.16. The van der Waals surface area contributed by atoms with Crippen LogP contribution in [0.15, 0.2) is 22.7 Å². The SMILES string of the molecule is FC(F)(F)c1cc(Br)cc(C2CCNCC2)c1. The highest BCUT2D eigenvalue weighted by Gasteiger charge is 2.31. The quantitative estimate of drug-likeness (QED) is 0.829. The molecule has 0 unspecified atom stereocenters. The summed E-state index contributed by atoms with van der Waals surface area (Å²) in [4.78, 5) is 0. The second-order valence-corrected chi connectivity index (χ2v) is 5.21. The summed E-state index contributed by atoms with van der Waals surface area (Å²) in [5.74, 6) is 0.231. The van der Waals surface area contributed by atoms with Gasteiger partial charge in [-0.1, -0.05) is 15.9 Å². The van der Waals surface area contributed by atoms with E-state index in [0.29, 0.717) is 4.47 Å². The monoisotopic (exact) mass is 307 g/mol. The number of hydrogen-bond donors (Lipinski definition) is 1. The third-order valence-corrected chi connectivity index (χ3v) is 3.52. The van der Waals surface area contributed by atoms with Gasteiger partial charge in [0, 0.05) is 4.47 Å². The number of nitrogens with one attached hydrogen (secondary N) is 1. The lowest BCUT2D eigenvalue weighted by Crippen LogP contribution is -2.26. The van der Waals surface area contributed by atoms with Crippen LogP contribution in [0, 0.1) is 0 Å². The van der Waals surface area contributed by atoms with Gasteiger partial charge in [0.15, 0.2) is 0 Å². The van der Waals surface area contributed by atoms with E-state index < -0.39 is 11.7 Å². The fourth-order valence-corrected chi connectivity index (χ4v) is 2.68. The van der Waals surface area contributed by atoms with Gasteiger partial charge in [-0.3, -0.25) is 0 Å². The van der Waals surface area contributed by atoms with Gasteiger partial charge in [-0.05, 0) is 55.6 Å². The van der Waals surface area contributed by atoms with Crippen LogP contribution in [0.25, 0.3) is 0 Å². The number of piperidine rings is 1. The van der Waals surface area contributed by atoms with Gasteiger partial charge in [-0.25, -0.2) is 0 Å². The Hall–Kier alpha value is -0.550. The molecule has 1 aliphatic rings. The molecular formula is C12H13BrF3N. The van der Waals surface area contributed by atoms with Crippen LogP contribution in [0.5, 0.6) is 0 Å². The second kappa shape index (κ2) is 4.98. The first-order valence-corrected chi connectivity index (χ1v) is 6.34. The predicted molar refractivity (Wildman–Crippen MR) is 64.0 cm³/mol. The fourth-order valence-electron chi connectivity index (χ4n) is 2.17. The number of halogens is 4. The first-order valence-electron chi connectivity index (χ1n) is 5.55. The third kappa shape index (κ3) is 3.22. The van der Waals surface area contributed by atoms with Crippen LogP contribution in [0.2, 0.25) is 0 Å². The number of alkyl halides is 3. The number of hydrogen-bond acceptors (Lipinski definition) is 1. The van der Waals surface area contributed by atoms with Gasteiger partial charge in [0.2, 0.25) is 0 Å². The Morgan fingerprint density at radius 3 is 2.35 bits per heavy atom. The highest BCUT2D eigenvalue weighted by Crippen LogP contribution is 2.35. The van der Waals surface area contributed by atoms with E-state index in [2.05, 4.69) is 21.2 Å². The average molecular weight is 308 g/mol. The number of benzene rings is 1. The maximum absolute atomic E-state index is 12.7. The van der Waals surface area contributed by atoms with E-state index in [4.69, 9.17) is 0 Å². The maximum Gasteiger partial charge on any atom is 0.416 e. The van der Waals surface area contributed by atoms with Crippen LogP contribution in [0.4, 0.5) is 13.2 Å². The molecule has 0 spiro atoms. The van der Waals surface area contributed by atoms with E-state index in [1.165, 1.54) is 6.07 Å². The fraction of sp³-hybridized carbons (Fsp3) is 0.500. The van der Waals surface area contributed by atoms with Crippen molar-refractivity contribution >= 4 is 15.9 Å². The van der Waals surface area contributed by atoms with Crippen LogP contribution in [0.3, 0.4) is 0 Å². The van der Waals surface area contributed by atoms with Crippen molar-refractivity contribution in [1.29, 1.82) is 0 Å². The highest BCUT2D eigenvalue weighted by molar-refractivity contribution is 9.10. The van der Waals surface area contributed by atoms with Crippen molar-refractivity contribution in [2.75, 3.05) is 13.1 Å². The summed E-state index contributed by atoms with van der Waals surface area (Å²) in [6, 6.07) is 4.20. The van der Waals surface area contributed by atoms with Crippen LogP contribution in [0.1, 0.15) is 29.9 Å². The first-order chi connectivity index (χ1) is 7.97. The Balaban J connectivity index is 2.31. The van der Waals surface area contributed by atoms with Crippen molar-refractivity contribution in [1.82, 2.24) is 5.32 Å². The van der Waals surface area contributed by atoms with Crippen molar-refractivity contribution in [2.45, 2.75) is 24.9 Å². The zero-order valence-corrected chi connectivity index (χ0v) is 10.7. The molecule has 0 aliphatic carbocycles. The first kappa shape index (κ1) is 12.9. The molecule has 0 aromatic heterocycles. The molecule has 1 aromatic carbocycles. The molecule has 1 saturated heterocycles. The van der Waals surface area contributed by atoms with Crippen molar-refractivity contribution < 1.29 is 13.2 Å². The van der Waals surface area contributed by atoms with Gasteiger partial charge in [-0.15, -0.1) is 0 Å². The molecule has 94 valence electrons. The Kier molecular flexibility index (Phi) is 3.78.